The number of nitrogens with one attached hydrogen (secondary N) is 1. The van der Waals surface area contributed by atoms with Crippen molar-refractivity contribution in [3.63, 3.8) is 0 Å². The van der Waals surface area contributed by atoms with Crippen LogP contribution in [0, 0.1) is 12.8 Å². The van der Waals surface area contributed by atoms with Gasteiger partial charge in [0.15, 0.2) is 0 Å². The molecule has 3 aliphatic heterocycles. The highest BCUT2D eigenvalue weighted by molar-refractivity contribution is 5.79. The summed E-state index contributed by atoms with van der Waals surface area (Å²) in [5, 5.41) is 6.89. The summed E-state index contributed by atoms with van der Waals surface area (Å²) in [5.74, 6) is -0.135. The fourth-order valence-corrected chi connectivity index (χ4v) is 4.54. The number of carbonyl (C=O) groups excluding carboxylic acids is 2. The summed E-state index contributed by atoms with van der Waals surface area (Å²) >= 11 is 0. The van der Waals surface area contributed by atoms with Crippen LogP contribution >= 0.6 is 0 Å². The maximum atomic E-state index is 13.2. The van der Waals surface area contributed by atoms with E-state index in [1.54, 1.807) is 16.7 Å². The Balaban J connectivity index is 1.31. The van der Waals surface area contributed by atoms with Gasteiger partial charge in [-0.05, 0) is 38.2 Å². The average molecular weight is 429 g/mol. The number of urea groups is 1. The summed E-state index contributed by atoms with van der Waals surface area (Å²) in [6.45, 7) is 3.79. The standard InChI is InChI=1S/C19H26F3N5O3/c1-12-8-16(19(20,21)22)27(24-12)9-13-2-5-25(6-3-13)18(29)26-7-4-15-14(10-26)23-17(28)11-30-15/h8,13-15H,2-7,9-11H2,1H3,(H,23,28)/t14-,15+/m1/s1. The third-order valence-electron chi connectivity index (χ3n) is 6.10. The number of morpholine rings is 1. The molecule has 30 heavy (non-hydrogen) atoms. The van der Waals surface area contributed by atoms with Crippen LogP contribution in [-0.2, 0) is 22.3 Å². The summed E-state index contributed by atoms with van der Waals surface area (Å²) in [6, 6.07) is 0.790. The van der Waals surface area contributed by atoms with Crippen molar-refractivity contribution < 1.29 is 27.5 Å². The van der Waals surface area contributed by atoms with Crippen LogP contribution in [0.2, 0.25) is 0 Å². The van der Waals surface area contributed by atoms with E-state index < -0.39 is 11.9 Å². The minimum atomic E-state index is -4.43. The summed E-state index contributed by atoms with van der Waals surface area (Å²) in [5.41, 5.74) is -0.379. The number of hydrogen-bond donors (Lipinski definition) is 1. The highest BCUT2D eigenvalue weighted by atomic mass is 19.4. The minimum Gasteiger partial charge on any atom is -0.366 e. The molecular weight excluding hydrogens is 403 g/mol. The summed E-state index contributed by atoms with van der Waals surface area (Å²) < 4.78 is 46.1. The van der Waals surface area contributed by atoms with Crippen molar-refractivity contribution >= 4 is 11.9 Å². The lowest BCUT2D eigenvalue weighted by molar-refractivity contribution is -0.144. The van der Waals surface area contributed by atoms with Crippen LogP contribution in [0.4, 0.5) is 18.0 Å². The van der Waals surface area contributed by atoms with Gasteiger partial charge in [0.2, 0.25) is 5.91 Å². The van der Waals surface area contributed by atoms with Crippen LogP contribution in [0.5, 0.6) is 0 Å². The number of carbonyl (C=O) groups is 2. The van der Waals surface area contributed by atoms with Crippen molar-refractivity contribution in [2.45, 2.75) is 51.1 Å². The Morgan fingerprint density at radius 1 is 1.23 bits per heavy atom. The molecular formula is C19H26F3N5O3. The van der Waals surface area contributed by atoms with E-state index in [4.69, 9.17) is 4.74 Å². The molecule has 3 saturated heterocycles. The largest absolute Gasteiger partial charge is 0.433 e. The predicted molar refractivity (Wildman–Crippen MR) is 99.5 cm³/mol. The van der Waals surface area contributed by atoms with Crippen LogP contribution < -0.4 is 5.32 Å². The molecule has 166 valence electrons. The van der Waals surface area contributed by atoms with Crippen LogP contribution in [0.1, 0.15) is 30.7 Å². The lowest BCUT2D eigenvalue weighted by Crippen LogP contribution is -2.62. The topological polar surface area (TPSA) is 79.7 Å². The number of aryl methyl sites for hydroxylation is 1. The van der Waals surface area contributed by atoms with Gasteiger partial charge >= 0.3 is 12.2 Å². The smallest absolute Gasteiger partial charge is 0.366 e. The second-order valence-electron chi connectivity index (χ2n) is 8.32. The molecule has 4 heterocycles. The van der Waals surface area contributed by atoms with E-state index in [1.807, 2.05) is 0 Å². The van der Waals surface area contributed by atoms with Gasteiger partial charge in [-0.15, -0.1) is 0 Å². The van der Waals surface area contributed by atoms with Crippen molar-refractivity contribution in [1.82, 2.24) is 24.9 Å². The normalized spacial score (nSPS) is 25.8. The number of amides is 3. The Hall–Kier alpha value is -2.30. The van der Waals surface area contributed by atoms with Gasteiger partial charge in [0, 0.05) is 32.7 Å². The van der Waals surface area contributed by atoms with Gasteiger partial charge in [-0.2, -0.15) is 18.3 Å². The van der Waals surface area contributed by atoms with Crippen LogP contribution in [0.25, 0.3) is 0 Å². The van der Waals surface area contributed by atoms with Gasteiger partial charge in [0.1, 0.15) is 12.3 Å². The zero-order valence-corrected chi connectivity index (χ0v) is 16.8. The van der Waals surface area contributed by atoms with Gasteiger partial charge in [-0.1, -0.05) is 0 Å². The number of halogens is 3. The van der Waals surface area contributed by atoms with Gasteiger partial charge in [-0.25, -0.2) is 4.79 Å². The Morgan fingerprint density at radius 2 is 1.93 bits per heavy atom. The van der Waals surface area contributed by atoms with E-state index in [0.29, 0.717) is 51.1 Å². The molecule has 1 N–H and O–H groups in total. The van der Waals surface area contributed by atoms with Crippen molar-refractivity contribution in [2.75, 3.05) is 32.8 Å². The maximum absolute atomic E-state index is 13.2. The number of likely N-dealkylation sites (tertiary alicyclic amines) is 2. The molecule has 8 nitrogen and oxygen atoms in total. The number of ether oxygens (including phenoxy) is 1. The highest BCUT2D eigenvalue weighted by Gasteiger charge is 2.39. The Bertz CT molecular complexity index is 804. The molecule has 0 saturated carbocycles. The molecule has 0 spiro atoms. The van der Waals surface area contributed by atoms with Crippen molar-refractivity contribution in [1.29, 1.82) is 0 Å². The van der Waals surface area contributed by atoms with Crippen molar-refractivity contribution in [2.24, 2.45) is 5.92 Å². The Labute approximate surface area is 172 Å². The summed E-state index contributed by atoms with van der Waals surface area (Å²) in [4.78, 5) is 27.9. The molecule has 2 atom stereocenters. The third kappa shape index (κ3) is 4.40. The second kappa shape index (κ2) is 8.09. The number of alkyl halides is 3. The van der Waals surface area contributed by atoms with E-state index in [9.17, 15) is 22.8 Å². The molecule has 11 heteroatoms. The minimum absolute atomic E-state index is 0.0335. The molecule has 3 aliphatic rings. The molecule has 0 radical (unpaired) electrons. The average Bonchev–Trinajstić information content (AvgIpc) is 3.08. The summed E-state index contributed by atoms with van der Waals surface area (Å²) in [7, 11) is 0. The first-order valence-electron chi connectivity index (χ1n) is 10.3. The zero-order chi connectivity index (χ0) is 21.5. The zero-order valence-electron chi connectivity index (χ0n) is 16.8. The quantitative estimate of drug-likeness (QED) is 0.775. The third-order valence-corrected chi connectivity index (χ3v) is 6.10. The number of nitrogens with zero attached hydrogens (tertiary/aromatic N) is 4. The molecule has 1 aromatic rings. The molecule has 4 rings (SSSR count). The number of rotatable bonds is 2. The molecule has 3 amide bonds. The SMILES string of the molecule is Cc1cc(C(F)(F)F)n(CC2CCN(C(=O)N3CC[C@@H]4OCC(=O)N[C@@H]4C3)CC2)n1. The van der Waals surface area contributed by atoms with E-state index in [2.05, 4.69) is 10.4 Å². The monoisotopic (exact) mass is 429 g/mol. The second-order valence-corrected chi connectivity index (χ2v) is 8.32. The van der Waals surface area contributed by atoms with Crippen molar-refractivity contribution in [3.8, 4) is 0 Å². The van der Waals surface area contributed by atoms with E-state index in [0.717, 1.165) is 10.7 Å². The van der Waals surface area contributed by atoms with Crippen LogP contribution in [0.15, 0.2) is 6.07 Å². The fourth-order valence-electron chi connectivity index (χ4n) is 4.54. The van der Waals surface area contributed by atoms with Gasteiger partial charge in [0.05, 0.1) is 17.8 Å². The van der Waals surface area contributed by atoms with Gasteiger partial charge in [0.25, 0.3) is 0 Å². The molecule has 1 aromatic heterocycles. The van der Waals surface area contributed by atoms with Crippen LogP contribution in [0.3, 0.4) is 0 Å². The Kier molecular flexibility index (Phi) is 5.65. The van der Waals surface area contributed by atoms with Gasteiger partial charge < -0.3 is 19.9 Å². The van der Waals surface area contributed by atoms with Gasteiger partial charge in [-0.3, -0.25) is 9.48 Å². The first-order valence-corrected chi connectivity index (χ1v) is 10.3. The number of aromatic nitrogens is 2. The molecule has 3 fully saturated rings. The van der Waals surface area contributed by atoms with Crippen LogP contribution in [-0.4, -0.2) is 76.5 Å². The number of fused-ring (bicyclic) bond motifs is 1. The number of piperidine rings is 2. The molecule has 0 aliphatic carbocycles. The van der Waals surface area contributed by atoms with E-state index >= 15 is 0 Å². The van der Waals surface area contributed by atoms with E-state index in [1.165, 1.54) is 0 Å². The molecule has 0 unspecified atom stereocenters. The maximum Gasteiger partial charge on any atom is 0.433 e. The first-order chi connectivity index (χ1) is 14.2. The fraction of sp³-hybridized carbons (Fsp3) is 0.737. The first kappa shape index (κ1) is 21.0. The summed E-state index contributed by atoms with van der Waals surface area (Å²) in [6.07, 6.45) is -2.56. The van der Waals surface area contributed by atoms with Crippen molar-refractivity contribution in [3.05, 3.63) is 17.5 Å². The lowest BCUT2D eigenvalue weighted by atomic mass is 9.96. The highest BCUT2D eigenvalue weighted by Crippen LogP contribution is 2.31. The predicted octanol–water partition coefficient (Wildman–Crippen LogP) is 1.63. The van der Waals surface area contributed by atoms with E-state index in [-0.39, 0.29) is 43.2 Å². The number of hydrogen-bond acceptors (Lipinski definition) is 4. The Morgan fingerprint density at radius 3 is 2.63 bits per heavy atom. The molecule has 0 bridgehead atoms. The molecule has 0 aromatic carbocycles. The lowest BCUT2D eigenvalue weighted by Gasteiger charge is -2.43.